The predicted octanol–water partition coefficient (Wildman–Crippen LogP) is 12.0. The highest BCUT2D eigenvalue weighted by Crippen LogP contribution is 2.35. The van der Waals surface area contributed by atoms with Gasteiger partial charge in [-0.3, -0.25) is 9.59 Å². The third kappa shape index (κ3) is 9.51. The predicted molar refractivity (Wildman–Crippen MR) is 225 cm³/mol. The van der Waals surface area contributed by atoms with Crippen molar-refractivity contribution < 1.29 is 9.59 Å². The molecule has 0 aliphatic rings. The molecule has 2 aromatic heterocycles. The van der Waals surface area contributed by atoms with E-state index in [1.807, 2.05) is 38.1 Å². The summed E-state index contributed by atoms with van der Waals surface area (Å²) in [4.78, 5) is 26.7. The summed E-state index contributed by atoms with van der Waals surface area (Å²) in [6, 6.07) is 25.0. The molecule has 14 heteroatoms. The summed E-state index contributed by atoms with van der Waals surface area (Å²) in [5.74, 6) is -0.538. The summed E-state index contributed by atoms with van der Waals surface area (Å²) < 4.78 is 3.34. The summed E-state index contributed by atoms with van der Waals surface area (Å²) in [5, 5.41) is 18.4. The standard InChI is InChI=1S/C41H36Cl6N6O2/c1-24-36(50-52(34-18-16-30(44)22-32(34)46)38(24)26-8-12-28(42)13-9-26)40(54)48-20-6-4-3-5-7-21-49-41(55)37-25(2)39(27-10-14-29(43)15-11-27)53(51-37)35-19-17-31(45)23-33(35)47/h8-19,22-23H,3-7,20-21H2,1-2H3,(H,48,54)(H,49,55). The zero-order valence-corrected chi connectivity index (χ0v) is 34.4. The van der Waals surface area contributed by atoms with Gasteiger partial charge in [0.15, 0.2) is 11.4 Å². The molecule has 2 heterocycles. The lowest BCUT2D eigenvalue weighted by molar-refractivity contribution is 0.0939. The van der Waals surface area contributed by atoms with Crippen LogP contribution in [0.1, 0.15) is 64.2 Å². The van der Waals surface area contributed by atoms with Crippen molar-refractivity contribution >= 4 is 81.4 Å². The van der Waals surface area contributed by atoms with Gasteiger partial charge in [-0.25, -0.2) is 9.36 Å². The first-order valence-corrected chi connectivity index (χ1v) is 19.9. The maximum atomic E-state index is 13.4. The van der Waals surface area contributed by atoms with E-state index in [9.17, 15) is 9.59 Å². The van der Waals surface area contributed by atoms with Crippen molar-refractivity contribution in [3.8, 4) is 33.9 Å². The maximum Gasteiger partial charge on any atom is 0.272 e. The quantitative estimate of drug-likeness (QED) is 0.107. The number of hydrogen-bond acceptors (Lipinski definition) is 4. The number of nitrogens with one attached hydrogen (secondary N) is 2. The Morgan fingerprint density at radius 3 is 1.22 bits per heavy atom. The van der Waals surface area contributed by atoms with Gasteiger partial charge in [-0.15, -0.1) is 0 Å². The lowest BCUT2D eigenvalue weighted by atomic mass is 10.1. The maximum absolute atomic E-state index is 13.4. The first-order valence-electron chi connectivity index (χ1n) is 17.6. The van der Waals surface area contributed by atoms with Crippen LogP contribution in [-0.2, 0) is 0 Å². The highest BCUT2D eigenvalue weighted by atomic mass is 35.5. The van der Waals surface area contributed by atoms with E-state index < -0.39 is 0 Å². The van der Waals surface area contributed by atoms with Crippen LogP contribution in [0.2, 0.25) is 30.1 Å². The summed E-state index contributed by atoms with van der Waals surface area (Å²) >= 11 is 37.7. The zero-order valence-electron chi connectivity index (χ0n) is 29.9. The van der Waals surface area contributed by atoms with Crippen LogP contribution in [0.15, 0.2) is 84.9 Å². The summed E-state index contributed by atoms with van der Waals surface area (Å²) in [5.41, 5.74) is 6.39. The number of nitrogens with zero attached hydrogens (tertiary/aromatic N) is 4. The molecule has 284 valence electrons. The molecule has 0 aliphatic heterocycles. The Morgan fingerprint density at radius 1 is 0.509 bits per heavy atom. The minimum Gasteiger partial charge on any atom is -0.351 e. The van der Waals surface area contributed by atoms with E-state index in [1.54, 1.807) is 70.0 Å². The number of halogens is 6. The number of aromatic nitrogens is 4. The normalized spacial score (nSPS) is 11.2. The van der Waals surface area contributed by atoms with E-state index in [4.69, 9.17) is 79.8 Å². The number of benzene rings is 4. The Kier molecular flexibility index (Phi) is 13.5. The smallest absolute Gasteiger partial charge is 0.272 e. The van der Waals surface area contributed by atoms with Gasteiger partial charge in [0.05, 0.1) is 32.8 Å². The van der Waals surface area contributed by atoms with Crippen molar-refractivity contribution in [1.82, 2.24) is 30.2 Å². The summed E-state index contributed by atoms with van der Waals surface area (Å²) in [7, 11) is 0. The number of hydrogen-bond donors (Lipinski definition) is 2. The van der Waals surface area contributed by atoms with Gasteiger partial charge >= 0.3 is 0 Å². The van der Waals surface area contributed by atoms with Crippen LogP contribution >= 0.6 is 69.6 Å². The minimum absolute atomic E-state index is 0.269. The summed E-state index contributed by atoms with van der Waals surface area (Å²) in [6.07, 6.45) is 4.35. The van der Waals surface area contributed by atoms with Gasteiger partial charge < -0.3 is 10.6 Å². The topological polar surface area (TPSA) is 93.8 Å². The Balaban J connectivity index is 1.01. The van der Waals surface area contributed by atoms with Crippen molar-refractivity contribution in [1.29, 1.82) is 0 Å². The fourth-order valence-electron chi connectivity index (χ4n) is 6.32. The highest BCUT2D eigenvalue weighted by Gasteiger charge is 2.25. The van der Waals surface area contributed by atoms with E-state index >= 15 is 0 Å². The largest absolute Gasteiger partial charge is 0.351 e. The molecule has 8 nitrogen and oxygen atoms in total. The van der Waals surface area contributed by atoms with Gasteiger partial charge in [0.25, 0.3) is 11.8 Å². The number of rotatable bonds is 14. The zero-order chi connectivity index (χ0) is 39.2. The molecule has 55 heavy (non-hydrogen) atoms. The Labute approximate surface area is 349 Å². The van der Waals surface area contributed by atoms with Gasteiger partial charge in [-0.2, -0.15) is 10.2 Å². The van der Waals surface area contributed by atoms with Gasteiger partial charge in [0.2, 0.25) is 0 Å². The fraction of sp³-hybridized carbons (Fsp3) is 0.220. The van der Waals surface area contributed by atoms with Crippen LogP contribution in [0, 0.1) is 13.8 Å². The monoisotopic (exact) mass is 854 g/mol. The third-order valence-electron chi connectivity index (χ3n) is 9.11. The third-order valence-corrected chi connectivity index (χ3v) is 10.7. The lowest BCUT2D eigenvalue weighted by Gasteiger charge is -2.11. The average molecular weight is 857 g/mol. The molecule has 6 aromatic rings. The van der Waals surface area contributed by atoms with Crippen LogP contribution < -0.4 is 10.6 Å². The molecule has 4 aromatic carbocycles. The molecule has 6 rings (SSSR count). The minimum atomic E-state index is -0.269. The molecule has 0 saturated heterocycles. The van der Waals surface area contributed by atoms with E-state index in [1.165, 1.54) is 0 Å². The molecule has 0 unspecified atom stereocenters. The van der Waals surface area contributed by atoms with Gasteiger partial charge in [0, 0.05) is 55.4 Å². The second kappa shape index (κ2) is 18.3. The molecule has 0 atom stereocenters. The molecule has 0 bridgehead atoms. The van der Waals surface area contributed by atoms with Gasteiger partial charge in [-0.1, -0.05) is 113 Å². The second-order valence-corrected chi connectivity index (χ2v) is 15.5. The van der Waals surface area contributed by atoms with Gasteiger partial charge in [-0.05, 0) is 87.4 Å². The van der Waals surface area contributed by atoms with Crippen LogP contribution in [-0.4, -0.2) is 44.5 Å². The molecule has 2 amide bonds. The first kappa shape index (κ1) is 40.6. The van der Waals surface area contributed by atoms with Crippen molar-refractivity contribution in [2.45, 2.75) is 46.0 Å². The van der Waals surface area contributed by atoms with Crippen molar-refractivity contribution in [2.75, 3.05) is 13.1 Å². The number of carbonyl (C=O) groups excluding carboxylic acids is 2. The Hall–Kier alpha value is -4.02. The first-order chi connectivity index (χ1) is 26.4. The SMILES string of the molecule is Cc1c(C(=O)NCCCCCCCNC(=O)c2nn(-c3ccc(Cl)cc3Cl)c(-c3ccc(Cl)cc3)c2C)nn(-c2ccc(Cl)cc2Cl)c1-c1ccc(Cl)cc1. The van der Waals surface area contributed by atoms with Crippen LogP contribution in [0.5, 0.6) is 0 Å². The molecule has 0 spiro atoms. The van der Waals surface area contributed by atoms with E-state index in [-0.39, 0.29) is 11.8 Å². The average Bonchev–Trinajstić information content (AvgIpc) is 3.67. The van der Waals surface area contributed by atoms with Crippen LogP contribution in [0.3, 0.4) is 0 Å². The molecule has 2 N–H and O–H groups in total. The number of unbranched alkanes of at least 4 members (excludes halogenated alkanes) is 4. The van der Waals surface area contributed by atoms with E-state index in [0.29, 0.717) is 77.1 Å². The lowest BCUT2D eigenvalue weighted by Crippen LogP contribution is -2.26. The van der Waals surface area contributed by atoms with Crippen LogP contribution in [0.25, 0.3) is 33.9 Å². The molecular weight excluding hydrogens is 821 g/mol. The number of carbonyl (C=O) groups is 2. The highest BCUT2D eigenvalue weighted by molar-refractivity contribution is 6.36. The van der Waals surface area contributed by atoms with Crippen molar-refractivity contribution in [2.24, 2.45) is 0 Å². The number of amides is 2. The molecule has 0 saturated carbocycles. The van der Waals surface area contributed by atoms with Gasteiger partial charge in [0.1, 0.15) is 0 Å². The Morgan fingerprint density at radius 2 is 0.855 bits per heavy atom. The molecule has 0 aliphatic carbocycles. The second-order valence-electron chi connectivity index (χ2n) is 13.0. The summed E-state index contributed by atoms with van der Waals surface area (Å²) in [6.45, 7) is 4.72. The molecule has 0 radical (unpaired) electrons. The van der Waals surface area contributed by atoms with Crippen molar-refractivity contribution in [3.05, 3.63) is 138 Å². The fourth-order valence-corrected chi connectivity index (χ4v) is 7.55. The molecular formula is C41H36Cl6N6O2. The van der Waals surface area contributed by atoms with E-state index in [2.05, 4.69) is 10.6 Å². The van der Waals surface area contributed by atoms with E-state index in [0.717, 1.165) is 54.6 Å². The molecule has 0 fully saturated rings. The Bertz CT molecular complexity index is 2170. The van der Waals surface area contributed by atoms with Crippen LogP contribution in [0.4, 0.5) is 0 Å². The van der Waals surface area contributed by atoms with Crippen molar-refractivity contribution in [3.63, 3.8) is 0 Å².